The Hall–Kier alpha value is -0.620. The topological polar surface area (TPSA) is 41.6 Å². The van der Waals surface area contributed by atoms with Crippen LogP contribution in [0.15, 0.2) is 17.5 Å². The van der Waals surface area contributed by atoms with Crippen LogP contribution in [-0.2, 0) is 9.53 Å². The summed E-state index contributed by atoms with van der Waals surface area (Å²) in [6.45, 7) is 4.24. The van der Waals surface area contributed by atoms with Gasteiger partial charge in [0.15, 0.2) is 0 Å². The van der Waals surface area contributed by atoms with Gasteiger partial charge in [0.25, 0.3) is 0 Å². The van der Waals surface area contributed by atoms with Gasteiger partial charge in [-0.3, -0.25) is 9.69 Å². The van der Waals surface area contributed by atoms with E-state index in [1.165, 1.54) is 24.1 Å². The molecule has 5 fully saturated rings. The Morgan fingerprint density at radius 1 is 1.19 bits per heavy atom. The van der Waals surface area contributed by atoms with Crippen LogP contribution in [0.4, 0.5) is 0 Å². The van der Waals surface area contributed by atoms with Crippen LogP contribution >= 0.6 is 23.7 Å². The van der Waals surface area contributed by atoms with E-state index in [4.69, 9.17) is 4.74 Å². The molecule has 0 spiro atoms. The maximum atomic E-state index is 13.3. The quantitative estimate of drug-likeness (QED) is 0.800. The number of hydrogen-bond donors (Lipinski definition) is 1. The molecule has 1 amide bonds. The highest BCUT2D eigenvalue weighted by molar-refractivity contribution is 7.10. The summed E-state index contributed by atoms with van der Waals surface area (Å²) < 4.78 is 5.53. The minimum atomic E-state index is -0.0419. The van der Waals surface area contributed by atoms with Crippen molar-refractivity contribution in [3.8, 4) is 0 Å². The minimum absolute atomic E-state index is 0. The van der Waals surface area contributed by atoms with Gasteiger partial charge in [-0.15, -0.1) is 23.7 Å². The van der Waals surface area contributed by atoms with Crippen LogP contribution in [0, 0.1) is 23.2 Å². The maximum absolute atomic E-state index is 13.3. The maximum Gasteiger partial charge on any atom is 0.226 e. The second-order valence-corrected chi connectivity index (χ2v) is 10.1. The zero-order chi connectivity index (χ0) is 17.6. The molecule has 1 aromatic rings. The van der Waals surface area contributed by atoms with Crippen LogP contribution in [0.2, 0.25) is 0 Å². The number of hydrogen-bond acceptors (Lipinski definition) is 4. The van der Waals surface area contributed by atoms with Gasteiger partial charge in [0.1, 0.15) is 0 Å². The van der Waals surface area contributed by atoms with Gasteiger partial charge in [-0.2, -0.15) is 0 Å². The monoisotopic (exact) mass is 410 g/mol. The van der Waals surface area contributed by atoms with Gasteiger partial charge in [0.2, 0.25) is 5.91 Å². The summed E-state index contributed by atoms with van der Waals surface area (Å²) in [6, 6.07) is 4.62. The molecule has 1 saturated heterocycles. The molecule has 1 N–H and O–H groups in total. The lowest BCUT2D eigenvalue weighted by atomic mass is 9.49. The molecule has 4 aliphatic carbocycles. The fourth-order valence-corrected chi connectivity index (χ4v) is 7.41. The Bertz CT molecular complexity index is 609. The van der Waals surface area contributed by atoms with Crippen LogP contribution in [0.1, 0.15) is 49.4 Å². The van der Waals surface area contributed by atoms with Crippen LogP contribution in [0.3, 0.4) is 0 Å². The van der Waals surface area contributed by atoms with Crippen molar-refractivity contribution in [1.82, 2.24) is 10.2 Å². The molecule has 27 heavy (non-hydrogen) atoms. The summed E-state index contributed by atoms with van der Waals surface area (Å²) in [4.78, 5) is 17.1. The van der Waals surface area contributed by atoms with Crippen LogP contribution < -0.4 is 5.32 Å². The number of carbonyl (C=O) groups excluding carboxylic acids is 1. The first-order valence-electron chi connectivity index (χ1n) is 10.4. The molecule has 2 heterocycles. The number of morpholine rings is 1. The molecular weight excluding hydrogens is 380 g/mol. The van der Waals surface area contributed by atoms with Crippen molar-refractivity contribution in [1.29, 1.82) is 0 Å². The highest BCUT2D eigenvalue weighted by atomic mass is 35.5. The third-order valence-electron chi connectivity index (χ3n) is 7.33. The number of rotatable bonds is 5. The van der Waals surface area contributed by atoms with E-state index in [0.717, 1.165) is 69.9 Å². The lowest BCUT2D eigenvalue weighted by Crippen LogP contribution is -2.54. The van der Waals surface area contributed by atoms with Crippen molar-refractivity contribution in [3.05, 3.63) is 22.4 Å². The van der Waals surface area contributed by atoms with Gasteiger partial charge in [0, 0.05) is 29.9 Å². The number of halogens is 1. The van der Waals surface area contributed by atoms with Gasteiger partial charge in [-0.05, 0) is 67.7 Å². The Morgan fingerprint density at radius 2 is 1.81 bits per heavy atom. The lowest BCUT2D eigenvalue weighted by Gasteiger charge is -2.55. The number of carbonyl (C=O) groups is 1. The summed E-state index contributed by atoms with van der Waals surface area (Å²) in [5.41, 5.74) is -0.0419. The van der Waals surface area contributed by atoms with Crippen molar-refractivity contribution in [2.45, 2.75) is 44.6 Å². The largest absolute Gasteiger partial charge is 0.379 e. The van der Waals surface area contributed by atoms with Crippen molar-refractivity contribution >= 4 is 29.7 Å². The standard InChI is InChI=1S/C21H30N2O2S.ClH/c24-20(21-11-15-8-16(12-21)10-17(9-15)13-21)22-14-18(19-2-1-7-26-19)23-3-5-25-6-4-23;/h1-2,7,15-18H,3-6,8-14H2,(H,22,24);1H. The van der Waals surface area contributed by atoms with Gasteiger partial charge >= 0.3 is 0 Å². The molecule has 1 unspecified atom stereocenters. The van der Waals surface area contributed by atoms with Crippen LogP contribution in [0.25, 0.3) is 0 Å². The van der Waals surface area contributed by atoms with E-state index in [1.807, 2.05) is 0 Å². The molecule has 0 aromatic carbocycles. The molecule has 1 aromatic heterocycles. The number of ether oxygens (including phenoxy) is 1. The Kier molecular flexibility index (Phi) is 5.84. The summed E-state index contributed by atoms with van der Waals surface area (Å²) in [5.74, 6) is 2.81. The molecule has 4 nitrogen and oxygen atoms in total. The van der Waals surface area contributed by atoms with Gasteiger partial charge in [-0.1, -0.05) is 6.07 Å². The molecule has 4 bridgehead atoms. The molecule has 150 valence electrons. The normalized spacial score (nSPS) is 36.2. The average molecular weight is 411 g/mol. The lowest BCUT2D eigenvalue weighted by molar-refractivity contribution is -0.146. The van der Waals surface area contributed by atoms with Gasteiger partial charge < -0.3 is 10.1 Å². The van der Waals surface area contributed by atoms with Gasteiger partial charge in [-0.25, -0.2) is 0 Å². The Labute approximate surface area is 172 Å². The SMILES string of the molecule is Cl.O=C(NCC(c1cccs1)N1CCOCC1)C12CC3CC(CC(C3)C1)C2. The zero-order valence-corrected chi connectivity index (χ0v) is 17.5. The average Bonchev–Trinajstić information content (AvgIpc) is 3.16. The molecular formula is C21H31ClN2O2S. The molecule has 6 rings (SSSR count). The number of amides is 1. The highest BCUT2D eigenvalue weighted by Gasteiger charge is 2.54. The summed E-state index contributed by atoms with van der Waals surface area (Å²) in [5, 5.41) is 5.55. The van der Waals surface area contributed by atoms with Crippen molar-refractivity contribution in [2.24, 2.45) is 23.2 Å². The van der Waals surface area contributed by atoms with Gasteiger partial charge in [0.05, 0.1) is 19.3 Å². The minimum Gasteiger partial charge on any atom is -0.379 e. The first kappa shape index (κ1) is 19.7. The summed E-state index contributed by atoms with van der Waals surface area (Å²) in [6.07, 6.45) is 7.60. The second-order valence-electron chi connectivity index (χ2n) is 9.09. The fourth-order valence-electron chi connectivity index (χ4n) is 6.55. The third kappa shape index (κ3) is 3.81. The third-order valence-corrected chi connectivity index (χ3v) is 8.31. The predicted molar refractivity (Wildman–Crippen MR) is 110 cm³/mol. The van der Waals surface area contributed by atoms with E-state index in [2.05, 4.69) is 27.7 Å². The van der Waals surface area contributed by atoms with E-state index < -0.39 is 0 Å². The Morgan fingerprint density at radius 3 is 2.37 bits per heavy atom. The van der Waals surface area contributed by atoms with E-state index in [-0.39, 0.29) is 23.9 Å². The molecule has 5 aliphatic rings. The first-order chi connectivity index (χ1) is 12.7. The second kappa shape index (κ2) is 8.02. The Balaban J connectivity index is 0.00000180. The summed E-state index contributed by atoms with van der Waals surface area (Å²) in [7, 11) is 0. The first-order valence-corrected chi connectivity index (χ1v) is 11.2. The smallest absolute Gasteiger partial charge is 0.226 e. The van der Waals surface area contributed by atoms with E-state index >= 15 is 0 Å². The molecule has 0 radical (unpaired) electrons. The molecule has 1 aliphatic heterocycles. The van der Waals surface area contributed by atoms with Crippen molar-refractivity contribution in [3.63, 3.8) is 0 Å². The number of nitrogens with one attached hydrogen (secondary N) is 1. The molecule has 6 heteroatoms. The predicted octanol–water partition coefficient (Wildman–Crippen LogP) is 3.88. The van der Waals surface area contributed by atoms with Crippen molar-refractivity contribution < 1.29 is 9.53 Å². The number of nitrogens with zero attached hydrogens (tertiary/aromatic N) is 1. The fraction of sp³-hybridized carbons (Fsp3) is 0.762. The molecule has 1 atom stereocenters. The summed E-state index contributed by atoms with van der Waals surface area (Å²) >= 11 is 1.80. The highest BCUT2D eigenvalue weighted by Crippen LogP contribution is 2.60. The van der Waals surface area contributed by atoms with E-state index in [0.29, 0.717) is 5.91 Å². The van der Waals surface area contributed by atoms with E-state index in [1.54, 1.807) is 11.3 Å². The zero-order valence-electron chi connectivity index (χ0n) is 15.9. The van der Waals surface area contributed by atoms with E-state index in [9.17, 15) is 4.79 Å². The van der Waals surface area contributed by atoms with Crippen LogP contribution in [0.5, 0.6) is 0 Å². The molecule has 4 saturated carbocycles. The van der Waals surface area contributed by atoms with Crippen LogP contribution in [-0.4, -0.2) is 43.7 Å². The van der Waals surface area contributed by atoms with Crippen molar-refractivity contribution in [2.75, 3.05) is 32.8 Å². The number of thiophene rings is 1.